The van der Waals surface area contributed by atoms with Crippen LogP contribution >= 0.6 is 23.1 Å². The summed E-state index contributed by atoms with van der Waals surface area (Å²) < 4.78 is 6.26. The summed E-state index contributed by atoms with van der Waals surface area (Å²) in [5.41, 5.74) is 0. The zero-order valence-corrected chi connectivity index (χ0v) is 11.5. The lowest BCUT2D eigenvalue weighted by atomic mass is 10.3. The van der Waals surface area contributed by atoms with Gasteiger partial charge in [0.1, 0.15) is 5.01 Å². The molecule has 0 aromatic carbocycles. The number of hydrogen-bond donors (Lipinski definition) is 0. The van der Waals surface area contributed by atoms with E-state index in [-0.39, 0.29) is 12.0 Å². The fourth-order valence-electron chi connectivity index (χ4n) is 1.60. The number of nitrogens with zero attached hydrogens (tertiary/aromatic N) is 3. The van der Waals surface area contributed by atoms with Gasteiger partial charge in [-0.25, -0.2) is 0 Å². The van der Waals surface area contributed by atoms with Crippen LogP contribution in [0.15, 0.2) is 4.34 Å². The Morgan fingerprint density at radius 1 is 1.65 bits per heavy atom. The summed E-state index contributed by atoms with van der Waals surface area (Å²) in [6.45, 7) is 5.91. The quantitative estimate of drug-likeness (QED) is 0.774. The first-order valence-electron chi connectivity index (χ1n) is 5.47. The van der Waals surface area contributed by atoms with Crippen LogP contribution in [0.1, 0.15) is 11.9 Å². The predicted octanol–water partition coefficient (Wildman–Crippen LogP) is 1.19. The smallest absolute Gasteiger partial charge is 0.233 e. The zero-order chi connectivity index (χ0) is 12.3. The van der Waals surface area contributed by atoms with Gasteiger partial charge in [0.25, 0.3) is 0 Å². The Morgan fingerprint density at radius 2 is 2.47 bits per heavy atom. The lowest BCUT2D eigenvalue weighted by molar-refractivity contribution is -0.135. The first kappa shape index (κ1) is 12.8. The molecule has 5 nitrogen and oxygen atoms in total. The number of aromatic nitrogens is 2. The zero-order valence-electron chi connectivity index (χ0n) is 9.88. The van der Waals surface area contributed by atoms with E-state index in [2.05, 4.69) is 10.2 Å². The number of rotatable bonds is 3. The summed E-state index contributed by atoms with van der Waals surface area (Å²) in [5, 5.41) is 8.84. The summed E-state index contributed by atoms with van der Waals surface area (Å²) in [7, 11) is 0. The average molecular weight is 273 g/mol. The predicted molar refractivity (Wildman–Crippen MR) is 67.4 cm³/mol. The molecule has 1 aliphatic rings. The van der Waals surface area contributed by atoms with E-state index < -0.39 is 0 Å². The van der Waals surface area contributed by atoms with Gasteiger partial charge in [0.05, 0.1) is 18.5 Å². The van der Waals surface area contributed by atoms with Crippen molar-refractivity contribution in [2.45, 2.75) is 24.3 Å². The molecule has 1 atom stereocenters. The monoisotopic (exact) mass is 273 g/mol. The molecule has 0 unspecified atom stereocenters. The highest BCUT2D eigenvalue weighted by Crippen LogP contribution is 2.22. The minimum atomic E-state index is 0.140. The van der Waals surface area contributed by atoms with Gasteiger partial charge in [0.15, 0.2) is 4.34 Å². The summed E-state index contributed by atoms with van der Waals surface area (Å²) in [5.74, 6) is 0.583. The van der Waals surface area contributed by atoms with Crippen LogP contribution in [0.25, 0.3) is 0 Å². The molecule has 94 valence electrons. The van der Waals surface area contributed by atoms with Gasteiger partial charge in [0, 0.05) is 13.1 Å². The lowest BCUT2D eigenvalue weighted by Gasteiger charge is -2.31. The van der Waals surface area contributed by atoms with Crippen LogP contribution in [0.2, 0.25) is 0 Å². The molecule has 2 rings (SSSR count). The summed E-state index contributed by atoms with van der Waals surface area (Å²) in [6, 6.07) is 0. The summed E-state index contributed by atoms with van der Waals surface area (Å²) in [6.07, 6.45) is 0.140. The van der Waals surface area contributed by atoms with Gasteiger partial charge < -0.3 is 9.64 Å². The van der Waals surface area contributed by atoms with Crippen molar-refractivity contribution < 1.29 is 9.53 Å². The van der Waals surface area contributed by atoms with Gasteiger partial charge >= 0.3 is 0 Å². The Labute approximate surface area is 109 Å². The summed E-state index contributed by atoms with van der Waals surface area (Å²) in [4.78, 5) is 13.8. The Kier molecular flexibility index (Phi) is 4.36. The molecule has 0 saturated carbocycles. The maximum Gasteiger partial charge on any atom is 0.233 e. The molecule has 7 heteroatoms. The molecule has 1 fully saturated rings. The second-order valence-electron chi connectivity index (χ2n) is 3.90. The number of amides is 1. The number of thioether (sulfide) groups is 1. The van der Waals surface area contributed by atoms with Crippen LogP contribution in [0.3, 0.4) is 0 Å². The van der Waals surface area contributed by atoms with Gasteiger partial charge in [-0.1, -0.05) is 23.1 Å². The van der Waals surface area contributed by atoms with E-state index in [1.807, 2.05) is 18.7 Å². The molecule has 1 saturated heterocycles. The standard InChI is InChI=1S/C10H15N3O2S2/c1-7-5-13(3-4-15-7)9(14)6-16-10-12-11-8(2)17-10/h7H,3-6H2,1-2H3/t7-/m0/s1. The van der Waals surface area contributed by atoms with Crippen molar-refractivity contribution >= 4 is 29.0 Å². The molecule has 0 spiro atoms. The van der Waals surface area contributed by atoms with Gasteiger partial charge in [0.2, 0.25) is 5.91 Å². The fourth-order valence-corrected chi connectivity index (χ4v) is 3.31. The third kappa shape index (κ3) is 3.65. The number of ether oxygens (including phenoxy) is 1. The van der Waals surface area contributed by atoms with E-state index in [9.17, 15) is 4.79 Å². The Bertz CT molecular complexity index is 397. The normalized spacial score (nSPS) is 20.6. The van der Waals surface area contributed by atoms with Crippen LogP contribution in [-0.2, 0) is 9.53 Å². The van der Waals surface area contributed by atoms with Crippen molar-refractivity contribution in [2.24, 2.45) is 0 Å². The van der Waals surface area contributed by atoms with Crippen molar-refractivity contribution in [3.63, 3.8) is 0 Å². The second-order valence-corrected chi connectivity index (χ2v) is 6.30. The number of morpholine rings is 1. The van der Waals surface area contributed by atoms with Crippen molar-refractivity contribution in [1.82, 2.24) is 15.1 Å². The first-order chi connectivity index (χ1) is 8.15. The Morgan fingerprint density at radius 3 is 3.12 bits per heavy atom. The molecule has 0 aliphatic carbocycles. The van der Waals surface area contributed by atoms with E-state index in [4.69, 9.17) is 4.74 Å². The van der Waals surface area contributed by atoms with Gasteiger partial charge in [-0.2, -0.15) is 0 Å². The van der Waals surface area contributed by atoms with E-state index in [1.165, 1.54) is 23.1 Å². The van der Waals surface area contributed by atoms with Gasteiger partial charge in [-0.15, -0.1) is 10.2 Å². The van der Waals surface area contributed by atoms with Crippen molar-refractivity contribution in [1.29, 1.82) is 0 Å². The molecule has 0 bridgehead atoms. The lowest BCUT2D eigenvalue weighted by Crippen LogP contribution is -2.45. The van der Waals surface area contributed by atoms with Crippen molar-refractivity contribution in [2.75, 3.05) is 25.4 Å². The first-order valence-corrected chi connectivity index (χ1v) is 7.27. The van der Waals surface area contributed by atoms with E-state index >= 15 is 0 Å². The largest absolute Gasteiger partial charge is 0.375 e. The number of carbonyl (C=O) groups excluding carboxylic acids is 1. The third-order valence-electron chi connectivity index (χ3n) is 2.42. The molecule has 17 heavy (non-hydrogen) atoms. The molecule has 1 aromatic rings. The molecule has 0 radical (unpaired) electrons. The minimum absolute atomic E-state index is 0.140. The van der Waals surface area contributed by atoms with E-state index in [0.29, 0.717) is 25.4 Å². The number of aryl methyl sites for hydroxylation is 1. The Balaban J connectivity index is 1.80. The van der Waals surface area contributed by atoms with Crippen LogP contribution in [0, 0.1) is 6.92 Å². The van der Waals surface area contributed by atoms with Crippen LogP contribution in [0.5, 0.6) is 0 Å². The maximum atomic E-state index is 11.9. The topological polar surface area (TPSA) is 55.3 Å². The molecule has 1 aliphatic heterocycles. The second kappa shape index (κ2) is 5.79. The van der Waals surface area contributed by atoms with Crippen LogP contribution in [-0.4, -0.2) is 52.6 Å². The highest BCUT2D eigenvalue weighted by Gasteiger charge is 2.21. The fraction of sp³-hybridized carbons (Fsp3) is 0.700. The van der Waals surface area contributed by atoms with Crippen LogP contribution < -0.4 is 0 Å². The van der Waals surface area contributed by atoms with Gasteiger partial charge in [-0.05, 0) is 13.8 Å². The third-order valence-corrected chi connectivity index (χ3v) is 4.38. The summed E-state index contributed by atoms with van der Waals surface area (Å²) >= 11 is 2.98. The van der Waals surface area contributed by atoms with E-state index in [1.54, 1.807) is 0 Å². The molecule has 0 N–H and O–H groups in total. The number of carbonyl (C=O) groups is 1. The highest BCUT2D eigenvalue weighted by molar-refractivity contribution is 8.01. The van der Waals surface area contributed by atoms with Gasteiger partial charge in [-0.3, -0.25) is 4.79 Å². The molecule has 2 heterocycles. The molecule has 1 aromatic heterocycles. The maximum absolute atomic E-state index is 11.9. The molecular weight excluding hydrogens is 258 g/mol. The minimum Gasteiger partial charge on any atom is -0.375 e. The SMILES string of the molecule is Cc1nnc(SCC(=O)N2CCO[C@@H](C)C2)s1. The number of hydrogen-bond acceptors (Lipinski definition) is 6. The van der Waals surface area contributed by atoms with Crippen molar-refractivity contribution in [3.8, 4) is 0 Å². The van der Waals surface area contributed by atoms with Crippen LogP contribution in [0.4, 0.5) is 0 Å². The molecule has 1 amide bonds. The Hall–Kier alpha value is -0.660. The highest BCUT2D eigenvalue weighted by atomic mass is 32.2. The molecular formula is C10H15N3O2S2. The van der Waals surface area contributed by atoms with Crippen molar-refractivity contribution in [3.05, 3.63) is 5.01 Å². The average Bonchev–Trinajstić information content (AvgIpc) is 2.72. The van der Waals surface area contributed by atoms with E-state index in [0.717, 1.165) is 9.35 Å².